The Hall–Kier alpha value is 0.670. The Morgan fingerprint density at radius 2 is 2.05 bits per heavy atom. The molecule has 1 N–H and O–H groups in total. The summed E-state index contributed by atoms with van der Waals surface area (Å²) in [7, 11) is -3.57. The van der Waals surface area contributed by atoms with Crippen LogP contribution in [-0.2, 0) is 10.0 Å². The first-order chi connectivity index (χ1) is 8.90. The third-order valence-corrected chi connectivity index (χ3v) is 7.65. The van der Waals surface area contributed by atoms with E-state index in [1.54, 1.807) is 0 Å². The standard InChI is InChI=1S/C11H14BrCl2NO2S2/c12-8-4-2-1-3-7(8)6-15-19(16,17)9-5-10(13)18-11(9)14/h5,7-8,15H,1-4,6H2. The molecule has 2 rings (SSSR count). The van der Waals surface area contributed by atoms with E-state index in [2.05, 4.69) is 20.7 Å². The van der Waals surface area contributed by atoms with Gasteiger partial charge in [0.15, 0.2) is 0 Å². The number of nitrogens with one attached hydrogen (secondary N) is 1. The predicted molar refractivity (Wildman–Crippen MR) is 84.2 cm³/mol. The van der Waals surface area contributed by atoms with Crippen LogP contribution in [0.4, 0.5) is 0 Å². The Balaban J connectivity index is 2.03. The second-order valence-electron chi connectivity index (χ2n) is 4.60. The van der Waals surface area contributed by atoms with Crippen molar-refractivity contribution in [3.05, 3.63) is 14.7 Å². The Kier molecular flexibility index (Phi) is 5.59. The topological polar surface area (TPSA) is 46.2 Å². The maximum atomic E-state index is 12.2. The van der Waals surface area contributed by atoms with Gasteiger partial charge in [-0.1, -0.05) is 52.0 Å². The van der Waals surface area contributed by atoms with Crippen LogP contribution in [0, 0.1) is 5.92 Å². The van der Waals surface area contributed by atoms with Crippen molar-refractivity contribution < 1.29 is 8.42 Å². The first kappa shape index (κ1) is 16.0. The monoisotopic (exact) mass is 405 g/mol. The maximum absolute atomic E-state index is 12.2. The molecule has 0 aliphatic heterocycles. The lowest BCUT2D eigenvalue weighted by Gasteiger charge is -2.27. The SMILES string of the molecule is O=S(=O)(NCC1CCCCC1Br)c1cc(Cl)sc1Cl. The van der Waals surface area contributed by atoms with Crippen LogP contribution in [0.25, 0.3) is 0 Å². The van der Waals surface area contributed by atoms with Crippen molar-refractivity contribution in [3.63, 3.8) is 0 Å². The molecule has 1 heterocycles. The van der Waals surface area contributed by atoms with Crippen LogP contribution in [0.3, 0.4) is 0 Å². The molecule has 8 heteroatoms. The van der Waals surface area contributed by atoms with Crippen molar-refractivity contribution in [2.24, 2.45) is 5.92 Å². The van der Waals surface area contributed by atoms with E-state index in [1.165, 1.54) is 12.5 Å². The van der Waals surface area contributed by atoms with E-state index in [1.807, 2.05) is 0 Å². The van der Waals surface area contributed by atoms with E-state index in [9.17, 15) is 8.42 Å². The van der Waals surface area contributed by atoms with Gasteiger partial charge in [-0.2, -0.15) is 0 Å². The van der Waals surface area contributed by atoms with Gasteiger partial charge in [-0.25, -0.2) is 13.1 Å². The van der Waals surface area contributed by atoms with E-state index in [4.69, 9.17) is 23.2 Å². The normalized spacial score (nSPS) is 24.6. The molecule has 19 heavy (non-hydrogen) atoms. The summed E-state index contributed by atoms with van der Waals surface area (Å²) in [6.45, 7) is 0.433. The van der Waals surface area contributed by atoms with Crippen molar-refractivity contribution in [1.82, 2.24) is 4.72 Å². The Morgan fingerprint density at radius 1 is 1.37 bits per heavy atom. The quantitative estimate of drug-likeness (QED) is 0.758. The van der Waals surface area contributed by atoms with Gasteiger partial charge in [0.25, 0.3) is 0 Å². The summed E-state index contributed by atoms with van der Waals surface area (Å²) in [4.78, 5) is 0.455. The van der Waals surface area contributed by atoms with Crippen molar-refractivity contribution in [3.8, 4) is 0 Å². The number of alkyl halides is 1. The molecule has 0 radical (unpaired) electrons. The van der Waals surface area contributed by atoms with E-state index in [-0.39, 0.29) is 9.23 Å². The van der Waals surface area contributed by atoms with Gasteiger partial charge in [-0.3, -0.25) is 0 Å². The predicted octanol–water partition coefficient (Wildman–Crippen LogP) is 4.29. The van der Waals surface area contributed by atoms with Crippen LogP contribution in [0.15, 0.2) is 11.0 Å². The molecular formula is C11H14BrCl2NO2S2. The van der Waals surface area contributed by atoms with Crippen LogP contribution in [0.2, 0.25) is 8.67 Å². The molecule has 0 saturated heterocycles. The number of halogens is 3. The van der Waals surface area contributed by atoms with Gasteiger partial charge in [-0.15, -0.1) is 11.3 Å². The van der Waals surface area contributed by atoms with E-state index >= 15 is 0 Å². The van der Waals surface area contributed by atoms with E-state index in [0.717, 1.165) is 30.6 Å². The average molecular weight is 407 g/mol. The number of hydrogen-bond donors (Lipinski definition) is 1. The van der Waals surface area contributed by atoms with Gasteiger partial charge in [0, 0.05) is 11.4 Å². The molecule has 3 nitrogen and oxygen atoms in total. The van der Waals surface area contributed by atoms with Gasteiger partial charge in [0.1, 0.15) is 9.23 Å². The first-order valence-electron chi connectivity index (χ1n) is 5.98. The fourth-order valence-corrected chi connectivity index (χ4v) is 6.21. The highest BCUT2D eigenvalue weighted by atomic mass is 79.9. The molecule has 1 aromatic rings. The van der Waals surface area contributed by atoms with Gasteiger partial charge < -0.3 is 0 Å². The Bertz CT molecular complexity index is 547. The summed E-state index contributed by atoms with van der Waals surface area (Å²) < 4.78 is 27.5. The second kappa shape index (κ2) is 6.62. The van der Waals surface area contributed by atoms with Crippen LogP contribution in [0.5, 0.6) is 0 Å². The molecule has 0 aromatic carbocycles. The molecule has 0 amide bonds. The number of thiophene rings is 1. The van der Waals surface area contributed by atoms with Gasteiger partial charge >= 0.3 is 0 Å². The Morgan fingerprint density at radius 3 is 2.63 bits per heavy atom. The van der Waals surface area contributed by atoms with Crippen LogP contribution < -0.4 is 4.72 Å². The molecule has 0 spiro atoms. The van der Waals surface area contributed by atoms with Crippen molar-refractivity contribution >= 4 is 60.5 Å². The minimum absolute atomic E-state index is 0.0751. The molecule has 108 valence electrons. The van der Waals surface area contributed by atoms with Crippen molar-refractivity contribution in [2.45, 2.75) is 35.4 Å². The maximum Gasteiger partial charge on any atom is 0.242 e. The highest BCUT2D eigenvalue weighted by molar-refractivity contribution is 9.09. The molecule has 1 fully saturated rings. The lowest BCUT2D eigenvalue weighted by Crippen LogP contribution is -2.34. The minimum Gasteiger partial charge on any atom is -0.211 e. The van der Waals surface area contributed by atoms with Gasteiger partial charge in [-0.05, 0) is 24.8 Å². The van der Waals surface area contributed by atoms with Crippen LogP contribution in [-0.4, -0.2) is 19.8 Å². The van der Waals surface area contributed by atoms with E-state index in [0.29, 0.717) is 21.6 Å². The van der Waals surface area contributed by atoms with Gasteiger partial charge in [0.2, 0.25) is 10.0 Å². The van der Waals surface area contributed by atoms with E-state index < -0.39 is 10.0 Å². The summed E-state index contributed by atoms with van der Waals surface area (Å²) in [5.74, 6) is 0.330. The minimum atomic E-state index is -3.57. The summed E-state index contributed by atoms with van der Waals surface area (Å²) in [6, 6.07) is 1.39. The van der Waals surface area contributed by atoms with Crippen LogP contribution >= 0.6 is 50.5 Å². The number of rotatable bonds is 4. The molecule has 1 aliphatic carbocycles. The molecule has 2 atom stereocenters. The second-order valence-corrected chi connectivity index (χ2v) is 9.80. The molecule has 1 saturated carbocycles. The van der Waals surface area contributed by atoms with Gasteiger partial charge in [0.05, 0.1) is 4.34 Å². The highest BCUT2D eigenvalue weighted by Gasteiger charge is 2.26. The molecule has 1 aromatic heterocycles. The zero-order chi connectivity index (χ0) is 14.0. The van der Waals surface area contributed by atoms with Crippen molar-refractivity contribution in [2.75, 3.05) is 6.54 Å². The number of sulfonamides is 1. The van der Waals surface area contributed by atoms with Crippen molar-refractivity contribution in [1.29, 1.82) is 0 Å². The van der Waals surface area contributed by atoms with Crippen LogP contribution in [0.1, 0.15) is 25.7 Å². The largest absolute Gasteiger partial charge is 0.242 e. The lowest BCUT2D eigenvalue weighted by atomic mass is 9.89. The Labute approximate surface area is 135 Å². The molecule has 2 unspecified atom stereocenters. The summed E-state index contributed by atoms with van der Waals surface area (Å²) in [5, 5.41) is 0. The summed E-state index contributed by atoms with van der Waals surface area (Å²) >= 11 is 16.3. The highest BCUT2D eigenvalue weighted by Crippen LogP contribution is 2.34. The fraction of sp³-hybridized carbons (Fsp3) is 0.636. The first-order valence-corrected chi connectivity index (χ1v) is 9.96. The lowest BCUT2D eigenvalue weighted by molar-refractivity contribution is 0.373. The summed E-state index contributed by atoms with van der Waals surface area (Å²) in [5.41, 5.74) is 0. The fourth-order valence-electron chi connectivity index (χ4n) is 2.20. The number of hydrogen-bond acceptors (Lipinski definition) is 3. The molecule has 1 aliphatic rings. The molecular weight excluding hydrogens is 393 g/mol. The summed E-state index contributed by atoms with van der Waals surface area (Å²) in [6.07, 6.45) is 4.48. The average Bonchev–Trinajstić information content (AvgIpc) is 2.68. The zero-order valence-corrected chi connectivity index (χ0v) is 14.8. The zero-order valence-electron chi connectivity index (χ0n) is 10.0. The third-order valence-electron chi connectivity index (χ3n) is 3.27. The molecule has 0 bridgehead atoms. The third kappa shape index (κ3) is 4.08. The smallest absolute Gasteiger partial charge is 0.211 e.